The maximum atomic E-state index is 12.5. The Morgan fingerprint density at radius 1 is 1.20 bits per heavy atom. The fourth-order valence-electron chi connectivity index (χ4n) is 1.56. The van der Waals surface area contributed by atoms with E-state index in [9.17, 15) is 13.2 Å². The standard InChI is InChI=1S/C12H21F3N4O/c1-8(2)5-16-6-10-17-18-11(20-10)19(9(3)4)7-12(13,14)15/h8-9,16H,5-7H2,1-4H3. The number of hydrogen-bond acceptors (Lipinski definition) is 5. The van der Waals surface area contributed by atoms with Gasteiger partial charge < -0.3 is 14.6 Å². The number of anilines is 1. The topological polar surface area (TPSA) is 54.2 Å². The van der Waals surface area contributed by atoms with Crippen LogP contribution in [0.1, 0.15) is 33.6 Å². The molecule has 0 aliphatic carbocycles. The van der Waals surface area contributed by atoms with E-state index in [4.69, 9.17) is 4.42 Å². The van der Waals surface area contributed by atoms with Gasteiger partial charge in [-0.2, -0.15) is 13.2 Å². The molecule has 0 spiro atoms. The minimum atomic E-state index is -4.31. The molecule has 0 aliphatic heterocycles. The third kappa shape index (κ3) is 5.77. The zero-order chi connectivity index (χ0) is 15.3. The van der Waals surface area contributed by atoms with Crippen molar-refractivity contribution in [3.8, 4) is 0 Å². The third-order valence-electron chi connectivity index (χ3n) is 2.50. The quantitative estimate of drug-likeness (QED) is 0.837. The van der Waals surface area contributed by atoms with Crippen molar-refractivity contribution in [1.82, 2.24) is 15.5 Å². The van der Waals surface area contributed by atoms with Crippen LogP contribution < -0.4 is 10.2 Å². The van der Waals surface area contributed by atoms with Crippen molar-refractivity contribution in [1.29, 1.82) is 0 Å². The normalized spacial score (nSPS) is 12.4. The summed E-state index contributed by atoms with van der Waals surface area (Å²) >= 11 is 0. The maximum absolute atomic E-state index is 12.5. The van der Waals surface area contributed by atoms with Crippen molar-refractivity contribution in [3.05, 3.63) is 5.89 Å². The Bertz CT molecular complexity index is 404. The van der Waals surface area contributed by atoms with Gasteiger partial charge in [-0.3, -0.25) is 0 Å². The molecule has 1 N–H and O–H groups in total. The highest BCUT2D eigenvalue weighted by Crippen LogP contribution is 2.23. The van der Waals surface area contributed by atoms with Crippen LogP contribution in [0, 0.1) is 5.92 Å². The molecule has 8 heteroatoms. The number of hydrogen-bond donors (Lipinski definition) is 1. The largest absolute Gasteiger partial charge is 0.407 e. The predicted molar refractivity (Wildman–Crippen MR) is 69.4 cm³/mol. The summed E-state index contributed by atoms with van der Waals surface area (Å²) in [5.74, 6) is 0.753. The predicted octanol–water partition coefficient (Wildman–Crippen LogP) is 2.59. The van der Waals surface area contributed by atoms with Crippen LogP contribution in [0.3, 0.4) is 0 Å². The molecule has 0 saturated heterocycles. The average molecular weight is 294 g/mol. The summed E-state index contributed by atoms with van der Waals surface area (Å²) in [6.07, 6.45) is -4.31. The first-order valence-electron chi connectivity index (χ1n) is 6.55. The van der Waals surface area contributed by atoms with Crippen molar-refractivity contribution in [2.45, 2.75) is 46.5 Å². The molecule has 0 saturated carbocycles. The Morgan fingerprint density at radius 3 is 2.35 bits per heavy atom. The Morgan fingerprint density at radius 2 is 1.85 bits per heavy atom. The molecule has 1 aromatic heterocycles. The van der Waals surface area contributed by atoms with Gasteiger partial charge in [0.2, 0.25) is 5.89 Å². The third-order valence-corrected chi connectivity index (χ3v) is 2.50. The molecule has 20 heavy (non-hydrogen) atoms. The lowest BCUT2D eigenvalue weighted by molar-refractivity contribution is -0.121. The molecule has 5 nitrogen and oxygen atoms in total. The minimum Gasteiger partial charge on any atom is -0.407 e. The summed E-state index contributed by atoms with van der Waals surface area (Å²) in [5.41, 5.74) is 0. The van der Waals surface area contributed by atoms with E-state index in [0.29, 0.717) is 12.5 Å². The Kier molecular flexibility index (Phi) is 5.79. The van der Waals surface area contributed by atoms with Gasteiger partial charge in [0.15, 0.2) is 0 Å². The zero-order valence-corrected chi connectivity index (χ0v) is 12.2. The van der Waals surface area contributed by atoms with Gasteiger partial charge in [-0.05, 0) is 26.3 Å². The number of rotatable bonds is 7. The van der Waals surface area contributed by atoms with E-state index in [0.717, 1.165) is 11.4 Å². The van der Waals surface area contributed by atoms with Gasteiger partial charge in [0.1, 0.15) is 6.54 Å². The van der Waals surface area contributed by atoms with Crippen LogP contribution in [-0.4, -0.2) is 35.5 Å². The van der Waals surface area contributed by atoms with Gasteiger partial charge in [0, 0.05) is 6.04 Å². The summed E-state index contributed by atoms with van der Waals surface area (Å²) in [4.78, 5) is 1.04. The number of nitrogens with zero attached hydrogens (tertiary/aromatic N) is 3. The van der Waals surface area contributed by atoms with Crippen LogP contribution in [0.15, 0.2) is 4.42 Å². The highest BCUT2D eigenvalue weighted by Gasteiger charge is 2.34. The first kappa shape index (κ1) is 16.7. The van der Waals surface area contributed by atoms with Crippen molar-refractivity contribution in [2.75, 3.05) is 18.0 Å². The fraction of sp³-hybridized carbons (Fsp3) is 0.833. The molecular weight excluding hydrogens is 273 g/mol. The number of alkyl halides is 3. The molecule has 1 aromatic rings. The molecule has 0 unspecified atom stereocenters. The van der Waals surface area contributed by atoms with E-state index in [1.807, 2.05) is 0 Å². The van der Waals surface area contributed by atoms with Gasteiger partial charge in [0.25, 0.3) is 0 Å². The molecule has 1 heterocycles. The van der Waals surface area contributed by atoms with Gasteiger partial charge in [-0.1, -0.05) is 18.9 Å². The monoisotopic (exact) mass is 294 g/mol. The SMILES string of the molecule is CC(C)CNCc1nnc(N(CC(F)(F)F)C(C)C)o1. The average Bonchev–Trinajstić information content (AvgIpc) is 2.72. The first-order chi connectivity index (χ1) is 9.19. The minimum absolute atomic E-state index is 0.0985. The molecule has 0 amide bonds. The number of aromatic nitrogens is 2. The van der Waals surface area contributed by atoms with Gasteiger partial charge in [0.05, 0.1) is 6.54 Å². The van der Waals surface area contributed by atoms with Gasteiger partial charge in [-0.15, -0.1) is 5.10 Å². The van der Waals surface area contributed by atoms with Gasteiger partial charge in [-0.25, -0.2) is 0 Å². The van der Waals surface area contributed by atoms with Crippen molar-refractivity contribution in [3.63, 3.8) is 0 Å². The highest BCUT2D eigenvalue weighted by molar-refractivity contribution is 5.26. The first-order valence-corrected chi connectivity index (χ1v) is 6.55. The molecule has 0 aliphatic rings. The molecule has 0 atom stereocenters. The smallest absolute Gasteiger partial charge is 0.406 e. The summed E-state index contributed by atoms with van der Waals surface area (Å²) in [5, 5.41) is 10.5. The molecule has 0 fully saturated rings. The van der Waals surface area contributed by atoms with Crippen molar-refractivity contribution in [2.24, 2.45) is 5.92 Å². The number of nitrogens with one attached hydrogen (secondary N) is 1. The van der Waals surface area contributed by atoms with E-state index in [2.05, 4.69) is 29.4 Å². The van der Waals surface area contributed by atoms with Crippen LogP contribution >= 0.6 is 0 Å². The molecule has 1 rings (SSSR count). The lowest BCUT2D eigenvalue weighted by Crippen LogP contribution is -2.39. The van der Waals surface area contributed by atoms with Crippen LogP contribution in [0.4, 0.5) is 19.2 Å². The van der Waals surface area contributed by atoms with Crippen LogP contribution in [0.5, 0.6) is 0 Å². The Hall–Kier alpha value is -1.31. The summed E-state index contributed by atoms with van der Waals surface area (Å²) in [6, 6.07) is -0.479. The fourth-order valence-corrected chi connectivity index (χ4v) is 1.56. The molecular formula is C12H21F3N4O. The lowest BCUT2D eigenvalue weighted by Gasteiger charge is -2.25. The second kappa shape index (κ2) is 6.92. The summed E-state index contributed by atoms with van der Waals surface area (Å²) in [7, 11) is 0. The zero-order valence-electron chi connectivity index (χ0n) is 12.2. The maximum Gasteiger partial charge on any atom is 0.406 e. The summed E-state index contributed by atoms with van der Waals surface area (Å²) < 4.78 is 42.8. The number of halogens is 3. The Balaban J connectivity index is 2.67. The lowest BCUT2D eigenvalue weighted by atomic mass is 10.2. The van der Waals surface area contributed by atoms with Crippen LogP contribution in [0.2, 0.25) is 0 Å². The second-order valence-electron chi connectivity index (χ2n) is 5.34. The van der Waals surface area contributed by atoms with E-state index in [1.165, 1.54) is 0 Å². The van der Waals surface area contributed by atoms with E-state index in [-0.39, 0.29) is 17.9 Å². The summed E-state index contributed by atoms with van der Waals surface area (Å²) in [6.45, 7) is 7.41. The van der Waals surface area contributed by atoms with Gasteiger partial charge >= 0.3 is 12.2 Å². The van der Waals surface area contributed by atoms with E-state index >= 15 is 0 Å². The van der Waals surface area contributed by atoms with Crippen LogP contribution in [0.25, 0.3) is 0 Å². The molecule has 0 radical (unpaired) electrons. The van der Waals surface area contributed by atoms with E-state index < -0.39 is 12.7 Å². The van der Waals surface area contributed by atoms with E-state index in [1.54, 1.807) is 13.8 Å². The Labute approximate surface area is 116 Å². The molecule has 0 bridgehead atoms. The second-order valence-corrected chi connectivity index (χ2v) is 5.34. The molecule has 116 valence electrons. The van der Waals surface area contributed by atoms with Crippen LogP contribution in [-0.2, 0) is 6.54 Å². The molecule has 0 aromatic carbocycles. The highest BCUT2D eigenvalue weighted by atomic mass is 19.4. The van der Waals surface area contributed by atoms with Crippen molar-refractivity contribution >= 4 is 6.01 Å². The van der Waals surface area contributed by atoms with Crippen molar-refractivity contribution < 1.29 is 17.6 Å².